The van der Waals surface area contributed by atoms with E-state index in [9.17, 15) is 9.59 Å². The average Bonchev–Trinajstić information content (AvgIpc) is 3.18. The zero-order valence-electron chi connectivity index (χ0n) is 22.1. The lowest BCUT2D eigenvalue weighted by Crippen LogP contribution is -2.31. The number of benzene rings is 5. The van der Waals surface area contributed by atoms with Crippen LogP contribution in [0.4, 0.5) is 21.9 Å². The van der Waals surface area contributed by atoms with E-state index in [1.807, 2.05) is 103 Å². The largest absolute Gasteiger partial charge is 0.424 e. The molecule has 3 aliphatic rings. The summed E-state index contributed by atoms with van der Waals surface area (Å²) in [5.41, 5.74) is 6.75. The molecule has 0 spiro atoms. The Hall–Kier alpha value is -4.72. The van der Waals surface area contributed by atoms with Gasteiger partial charge in [0.2, 0.25) is 0 Å². The van der Waals surface area contributed by atoms with Gasteiger partial charge in [0.05, 0.1) is 28.0 Å². The van der Waals surface area contributed by atoms with E-state index in [1.54, 1.807) is 40.6 Å². The van der Waals surface area contributed by atoms with Crippen LogP contribution in [0.1, 0.15) is 26.7 Å². The molecule has 202 valence electrons. The van der Waals surface area contributed by atoms with E-state index in [2.05, 4.69) is 11.4 Å². The number of Topliss-reactive ketones (excluding diaryl/α,β-unsaturated/α-hetero) is 1. The molecule has 0 fully saturated rings. The summed E-state index contributed by atoms with van der Waals surface area (Å²) in [6.07, 6.45) is -0.476. The molecule has 2 aliphatic heterocycles. The topological polar surface area (TPSA) is 58.6 Å². The second-order valence-corrected chi connectivity index (χ2v) is 12.3. The highest BCUT2D eigenvalue weighted by atomic mass is 32.2. The minimum Gasteiger partial charge on any atom is -0.410 e. The van der Waals surface area contributed by atoms with Crippen molar-refractivity contribution in [3.05, 3.63) is 144 Å². The monoisotopic (exact) mass is 582 g/mol. The molecule has 1 amide bonds. The molecule has 42 heavy (non-hydrogen) atoms. The zero-order chi connectivity index (χ0) is 28.2. The van der Waals surface area contributed by atoms with Gasteiger partial charge in [0.1, 0.15) is 5.75 Å². The standard InChI is InChI=1S/C35H22N2O3S2/c38-33-24-10-2-1-9-23(24)32-31(33)34(42-28-14-6-3-11-25(28)36-32)21-17-19-22(20-18-21)40-35(39)37-26-12-4-7-15-29(26)41-30-16-8-5-13-27(30)37/h1-20,34,36H/t34-/m0/s1. The number of carbonyl (C=O) groups is 2. The van der Waals surface area contributed by atoms with Crippen LogP contribution in [-0.2, 0) is 0 Å². The molecule has 0 radical (unpaired) electrons. The molecule has 0 unspecified atom stereocenters. The summed E-state index contributed by atoms with van der Waals surface area (Å²) < 4.78 is 5.93. The molecule has 5 nitrogen and oxygen atoms in total. The number of fused-ring (bicyclic) bond motifs is 5. The highest BCUT2D eigenvalue weighted by Gasteiger charge is 2.38. The number of para-hydroxylation sites is 3. The van der Waals surface area contributed by atoms with Crippen molar-refractivity contribution in [1.29, 1.82) is 0 Å². The van der Waals surface area contributed by atoms with Gasteiger partial charge in [0, 0.05) is 31.4 Å². The molecule has 0 saturated heterocycles. The fourth-order valence-electron chi connectivity index (χ4n) is 5.67. The van der Waals surface area contributed by atoms with Gasteiger partial charge in [0.15, 0.2) is 5.78 Å². The highest BCUT2D eigenvalue weighted by molar-refractivity contribution is 8.00. The zero-order valence-corrected chi connectivity index (χ0v) is 23.7. The van der Waals surface area contributed by atoms with Gasteiger partial charge in [-0.3, -0.25) is 4.79 Å². The number of anilines is 3. The Bertz CT molecular complexity index is 1910. The smallest absolute Gasteiger partial charge is 0.410 e. The van der Waals surface area contributed by atoms with Crippen molar-refractivity contribution in [2.24, 2.45) is 0 Å². The Balaban J connectivity index is 1.13. The van der Waals surface area contributed by atoms with Gasteiger partial charge >= 0.3 is 6.09 Å². The quantitative estimate of drug-likeness (QED) is 0.224. The molecule has 8 rings (SSSR count). The van der Waals surface area contributed by atoms with Crippen LogP contribution < -0.4 is 15.0 Å². The van der Waals surface area contributed by atoms with Crippen LogP contribution in [-0.4, -0.2) is 11.9 Å². The summed E-state index contributed by atoms with van der Waals surface area (Å²) >= 11 is 3.29. The molecular formula is C35H22N2O3S2. The van der Waals surface area contributed by atoms with Crippen molar-refractivity contribution in [1.82, 2.24) is 0 Å². The van der Waals surface area contributed by atoms with Gasteiger partial charge in [-0.05, 0) is 54.1 Å². The maximum atomic E-state index is 13.7. The first kappa shape index (κ1) is 25.0. The molecule has 0 bridgehead atoms. The fourth-order valence-corrected chi connectivity index (χ4v) is 8.03. The summed E-state index contributed by atoms with van der Waals surface area (Å²) in [6, 6.07) is 39.0. The molecule has 5 aromatic rings. The predicted octanol–water partition coefficient (Wildman–Crippen LogP) is 9.35. The van der Waals surface area contributed by atoms with Crippen molar-refractivity contribution in [2.45, 2.75) is 19.9 Å². The van der Waals surface area contributed by atoms with E-state index in [1.165, 1.54) is 0 Å². The van der Waals surface area contributed by atoms with Gasteiger partial charge in [-0.15, -0.1) is 11.8 Å². The van der Waals surface area contributed by atoms with Crippen LogP contribution in [0.3, 0.4) is 0 Å². The summed E-state index contributed by atoms with van der Waals surface area (Å²) in [5.74, 6) is 0.471. The van der Waals surface area contributed by atoms with Crippen LogP contribution in [0.25, 0.3) is 5.70 Å². The summed E-state index contributed by atoms with van der Waals surface area (Å²) in [7, 11) is 0. The van der Waals surface area contributed by atoms with E-state index < -0.39 is 6.09 Å². The molecule has 1 atom stereocenters. The van der Waals surface area contributed by atoms with Crippen molar-refractivity contribution in [3.63, 3.8) is 0 Å². The first-order valence-corrected chi connectivity index (χ1v) is 15.2. The van der Waals surface area contributed by atoms with Crippen LogP contribution in [0.2, 0.25) is 0 Å². The lowest BCUT2D eigenvalue weighted by atomic mass is 10.0. The third-order valence-corrected chi connectivity index (χ3v) is 10.1. The maximum Gasteiger partial charge on any atom is 0.424 e. The molecule has 1 N–H and O–H groups in total. The SMILES string of the molecule is O=C1C2=C(Nc3ccccc3S[C@H]2c2ccc(OC(=O)N3c4ccccc4Sc4ccccc43)cc2)c2ccccc21. The Morgan fingerprint density at radius 2 is 1.29 bits per heavy atom. The Morgan fingerprint density at radius 1 is 0.690 bits per heavy atom. The van der Waals surface area contributed by atoms with E-state index >= 15 is 0 Å². The Kier molecular flexibility index (Phi) is 5.94. The van der Waals surface area contributed by atoms with Crippen LogP contribution in [0.15, 0.2) is 142 Å². The normalized spacial score (nSPS) is 16.3. The number of ether oxygens (including phenoxy) is 1. The first-order chi connectivity index (χ1) is 20.7. The van der Waals surface area contributed by atoms with Crippen molar-refractivity contribution in [3.8, 4) is 5.75 Å². The van der Waals surface area contributed by atoms with Crippen molar-refractivity contribution >= 4 is 58.2 Å². The number of hydrogen-bond donors (Lipinski definition) is 1. The second-order valence-electron chi connectivity index (χ2n) is 10.1. The minimum absolute atomic E-state index is 0.0363. The van der Waals surface area contributed by atoms with Crippen LogP contribution >= 0.6 is 23.5 Å². The van der Waals surface area contributed by atoms with Gasteiger partial charge < -0.3 is 10.1 Å². The number of nitrogens with one attached hydrogen (secondary N) is 1. The lowest BCUT2D eigenvalue weighted by Gasteiger charge is -2.30. The van der Waals surface area contributed by atoms with Crippen molar-refractivity contribution < 1.29 is 14.3 Å². The lowest BCUT2D eigenvalue weighted by molar-refractivity contribution is 0.103. The average molecular weight is 583 g/mol. The van der Waals surface area contributed by atoms with E-state index in [0.29, 0.717) is 11.3 Å². The fraction of sp³-hybridized carbons (Fsp3) is 0.0286. The summed E-state index contributed by atoms with van der Waals surface area (Å²) in [4.78, 5) is 32.0. The molecule has 7 heteroatoms. The molecule has 0 aromatic heterocycles. The van der Waals surface area contributed by atoms with Gasteiger partial charge in [-0.25, -0.2) is 9.69 Å². The van der Waals surface area contributed by atoms with Gasteiger partial charge in [-0.2, -0.15) is 0 Å². The number of nitrogens with zero attached hydrogens (tertiary/aromatic N) is 1. The molecule has 2 heterocycles. The third kappa shape index (κ3) is 4.04. The van der Waals surface area contributed by atoms with Gasteiger partial charge in [0.25, 0.3) is 0 Å². The molecule has 1 aliphatic carbocycles. The summed E-state index contributed by atoms with van der Waals surface area (Å²) in [5, 5.41) is 3.32. The van der Waals surface area contributed by atoms with Crippen LogP contribution in [0.5, 0.6) is 5.75 Å². The molecule has 0 saturated carbocycles. The molecule has 5 aromatic carbocycles. The number of amides is 1. The third-order valence-electron chi connectivity index (χ3n) is 7.61. The number of ketones is 1. The Morgan fingerprint density at radius 3 is 2.00 bits per heavy atom. The second kappa shape index (κ2) is 9.98. The summed E-state index contributed by atoms with van der Waals surface area (Å²) in [6.45, 7) is 0. The number of thioether (sulfide) groups is 1. The highest BCUT2D eigenvalue weighted by Crippen LogP contribution is 2.53. The van der Waals surface area contributed by atoms with Crippen LogP contribution in [0, 0.1) is 0 Å². The first-order valence-electron chi connectivity index (χ1n) is 13.5. The minimum atomic E-state index is -0.476. The molecular weight excluding hydrogens is 561 g/mol. The van der Waals surface area contributed by atoms with E-state index in [-0.39, 0.29) is 11.0 Å². The van der Waals surface area contributed by atoms with E-state index in [4.69, 9.17) is 4.74 Å². The van der Waals surface area contributed by atoms with Crippen molar-refractivity contribution in [2.75, 3.05) is 10.2 Å². The predicted molar refractivity (Wildman–Crippen MR) is 168 cm³/mol. The van der Waals surface area contributed by atoms with Gasteiger partial charge in [-0.1, -0.05) is 84.6 Å². The van der Waals surface area contributed by atoms with E-state index in [0.717, 1.165) is 54.1 Å². The number of rotatable bonds is 2. The maximum absolute atomic E-state index is 13.7. The number of carbonyl (C=O) groups excluding carboxylic acids is 2. The number of hydrogen-bond acceptors (Lipinski definition) is 6. The Labute approximate surface area is 251 Å².